The number of benzene rings is 1. The first-order valence-electron chi connectivity index (χ1n) is 7.07. The van der Waals surface area contributed by atoms with Crippen LogP contribution in [-0.4, -0.2) is 48.4 Å². The Hall–Kier alpha value is -1.26. The Morgan fingerprint density at radius 2 is 2.15 bits per heavy atom. The first-order chi connectivity index (χ1) is 9.51. The topological polar surface area (TPSA) is 49.6 Å². The van der Waals surface area contributed by atoms with Gasteiger partial charge in [-0.15, -0.1) is 0 Å². The third-order valence-electron chi connectivity index (χ3n) is 3.80. The molecule has 4 nitrogen and oxygen atoms in total. The van der Waals surface area contributed by atoms with Crippen LogP contribution in [0.3, 0.4) is 0 Å². The molecule has 2 N–H and O–H groups in total. The van der Waals surface area contributed by atoms with Gasteiger partial charge in [-0.05, 0) is 44.6 Å². The van der Waals surface area contributed by atoms with Crippen LogP contribution >= 0.6 is 11.6 Å². The van der Waals surface area contributed by atoms with Crippen LogP contribution in [0.1, 0.15) is 30.1 Å². The maximum Gasteiger partial charge on any atom is 0.254 e. The van der Waals surface area contributed by atoms with E-state index in [1.807, 2.05) is 4.90 Å². The Balaban J connectivity index is 2.25. The zero-order valence-corrected chi connectivity index (χ0v) is 12.9. The number of carbonyl (C=O) groups excluding carboxylic acids is 1. The minimum Gasteiger partial charge on any atom is -0.399 e. The van der Waals surface area contributed by atoms with E-state index >= 15 is 0 Å². The van der Waals surface area contributed by atoms with Crippen LogP contribution in [0, 0.1) is 0 Å². The van der Waals surface area contributed by atoms with Crippen molar-refractivity contribution in [1.82, 2.24) is 9.80 Å². The van der Waals surface area contributed by atoms with Gasteiger partial charge in [0.2, 0.25) is 0 Å². The lowest BCUT2D eigenvalue weighted by Gasteiger charge is -2.30. The van der Waals surface area contributed by atoms with Gasteiger partial charge in [0, 0.05) is 35.4 Å². The van der Waals surface area contributed by atoms with Gasteiger partial charge in [-0.1, -0.05) is 18.5 Å². The van der Waals surface area contributed by atoms with Crippen molar-refractivity contribution in [2.45, 2.75) is 25.8 Å². The number of rotatable bonds is 2. The van der Waals surface area contributed by atoms with Gasteiger partial charge in [-0.25, -0.2) is 0 Å². The van der Waals surface area contributed by atoms with Gasteiger partial charge in [0.1, 0.15) is 0 Å². The summed E-state index contributed by atoms with van der Waals surface area (Å²) in [5.74, 6) is 0.0290. The van der Waals surface area contributed by atoms with Crippen molar-refractivity contribution < 1.29 is 4.79 Å². The lowest BCUT2D eigenvalue weighted by Crippen LogP contribution is -2.43. The molecule has 0 aromatic heterocycles. The molecule has 20 heavy (non-hydrogen) atoms. The highest BCUT2D eigenvalue weighted by Gasteiger charge is 2.27. The van der Waals surface area contributed by atoms with Crippen LogP contribution in [0.4, 0.5) is 5.69 Å². The van der Waals surface area contributed by atoms with Gasteiger partial charge in [0.25, 0.3) is 5.91 Å². The Labute approximate surface area is 125 Å². The molecular formula is C15H22ClN3O. The van der Waals surface area contributed by atoms with E-state index in [1.54, 1.807) is 18.2 Å². The number of nitrogens with zero attached hydrogens (tertiary/aromatic N) is 2. The minimum atomic E-state index is 0.0290. The van der Waals surface area contributed by atoms with Gasteiger partial charge in [0.05, 0.1) is 0 Å². The fourth-order valence-corrected chi connectivity index (χ4v) is 3.01. The molecule has 0 spiro atoms. The molecule has 2 rings (SSSR count). The number of halogens is 1. The van der Waals surface area contributed by atoms with E-state index < -0.39 is 0 Å². The summed E-state index contributed by atoms with van der Waals surface area (Å²) in [6, 6.07) is 5.30. The van der Waals surface area contributed by atoms with Crippen LogP contribution in [0.2, 0.25) is 5.02 Å². The number of hydrogen-bond acceptors (Lipinski definition) is 3. The molecule has 0 saturated carbocycles. The van der Waals surface area contributed by atoms with Crippen LogP contribution in [0.15, 0.2) is 18.2 Å². The number of nitrogen functional groups attached to an aromatic ring is 1. The number of likely N-dealkylation sites (N-methyl/N-ethyl adjacent to an activating group) is 1. The van der Waals surface area contributed by atoms with Gasteiger partial charge >= 0.3 is 0 Å². The average molecular weight is 296 g/mol. The highest BCUT2D eigenvalue weighted by molar-refractivity contribution is 6.31. The number of carbonyl (C=O) groups is 1. The van der Waals surface area contributed by atoms with E-state index in [2.05, 4.69) is 18.9 Å². The summed E-state index contributed by atoms with van der Waals surface area (Å²) in [5.41, 5.74) is 6.89. The molecule has 110 valence electrons. The molecule has 1 unspecified atom stereocenters. The van der Waals surface area contributed by atoms with E-state index in [9.17, 15) is 4.79 Å². The molecule has 1 atom stereocenters. The molecule has 1 fully saturated rings. The van der Waals surface area contributed by atoms with Gasteiger partial charge in [0.15, 0.2) is 0 Å². The summed E-state index contributed by atoms with van der Waals surface area (Å²) >= 11 is 6.00. The molecule has 1 aliphatic heterocycles. The molecule has 0 aliphatic carbocycles. The van der Waals surface area contributed by atoms with Crippen molar-refractivity contribution in [3.63, 3.8) is 0 Å². The summed E-state index contributed by atoms with van der Waals surface area (Å²) < 4.78 is 0. The van der Waals surface area contributed by atoms with Crippen molar-refractivity contribution in [3.05, 3.63) is 28.8 Å². The molecule has 0 bridgehead atoms. The fourth-order valence-electron chi connectivity index (χ4n) is 2.76. The third kappa shape index (κ3) is 3.44. The highest BCUT2D eigenvalue weighted by Crippen LogP contribution is 2.21. The average Bonchev–Trinajstić information content (AvgIpc) is 2.58. The SMILES string of the molecule is CCC1CN(C)CCCN1C(=O)c1cc(N)cc(Cl)c1. The van der Waals surface area contributed by atoms with Crippen LogP contribution < -0.4 is 5.73 Å². The van der Waals surface area contributed by atoms with E-state index in [0.29, 0.717) is 16.3 Å². The Morgan fingerprint density at radius 3 is 2.80 bits per heavy atom. The molecule has 1 aliphatic rings. The number of anilines is 1. The first kappa shape index (κ1) is 15.1. The molecule has 1 saturated heterocycles. The van der Waals surface area contributed by atoms with Crippen LogP contribution in [0.5, 0.6) is 0 Å². The highest BCUT2D eigenvalue weighted by atomic mass is 35.5. The Kier molecular flexibility index (Phi) is 4.89. The third-order valence-corrected chi connectivity index (χ3v) is 4.02. The molecule has 1 heterocycles. The van der Waals surface area contributed by atoms with Gasteiger partial charge < -0.3 is 15.5 Å². The fraction of sp³-hybridized carbons (Fsp3) is 0.533. The van der Waals surface area contributed by atoms with Crippen LogP contribution in [-0.2, 0) is 0 Å². The predicted molar refractivity (Wildman–Crippen MR) is 83.1 cm³/mol. The Bertz CT molecular complexity index is 472. The number of amides is 1. The minimum absolute atomic E-state index is 0.0290. The number of hydrogen-bond donors (Lipinski definition) is 1. The van der Waals surface area contributed by atoms with Crippen molar-refractivity contribution >= 4 is 23.2 Å². The quantitative estimate of drug-likeness (QED) is 0.853. The van der Waals surface area contributed by atoms with Gasteiger partial charge in [-0.2, -0.15) is 0 Å². The maximum atomic E-state index is 12.7. The molecule has 1 aromatic rings. The second-order valence-electron chi connectivity index (χ2n) is 5.45. The normalized spacial score (nSPS) is 20.8. The first-order valence-corrected chi connectivity index (χ1v) is 7.44. The summed E-state index contributed by atoms with van der Waals surface area (Å²) in [4.78, 5) is 17.0. The van der Waals surface area contributed by atoms with Gasteiger partial charge in [-0.3, -0.25) is 4.79 Å². The summed E-state index contributed by atoms with van der Waals surface area (Å²) in [6.45, 7) is 4.85. The van der Waals surface area contributed by atoms with Crippen LogP contribution in [0.25, 0.3) is 0 Å². The van der Waals surface area contributed by atoms with Crippen molar-refractivity contribution in [2.75, 3.05) is 32.4 Å². The summed E-state index contributed by atoms with van der Waals surface area (Å²) in [5, 5.41) is 0.508. The molecular weight excluding hydrogens is 274 g/mol. The van der Waals surface area contributed by atoms with E-state index in [4.69, 9.17) is 17.3 Å². The molecule has 1 amide bonds. The summed E-state index contributed by atoms with van der Waals surface area (Å²) in [7, 11) is 2.11. The van der Waals surface area contributed by atoms with E-state index in [-0.39, 0.29) is 11.9 Å². The van der Waals surface area contributed by atoms with Crippen molar-refractivity contribution in [1.29, 1.82) is 0 Å². The molecule has 0 radical (unpaired) electrons. The zero-order valence-electron chi connectivity index (χ0n) is 12.1. The molecule has 1 aromatic carbocycles. The largest absolute Gasteiger partial charge is 0.399 e. The second-order valence-corrected chi connectivity index (χ2v) is 5.89. The summed E-state index contributed by atoms with van der Waals surface area (Å²) in [6.07, 6.45) is 1.95. The molecule has 5 heteroatoms. The second kappa shape index (κ2) is 6.46. The van der Waals surface area contributed by atoms with Crippen molar-refractivity contribution in [3.8, 4) is 0 Å². The van der Waals surface area contributed by atoms with Crippen molar-refractivity contribution in [2.24, 2.45) is 0 Å². The number of nitrogens with two attached hydrogens (primary N) is 1. The van der Waals surface area contributed by atoms with E-state index in [0.717, 1.165) is 32.5 Å². The lowest BCUT2D eigenvalue weighted by atomic mass is 10.1. The predicted octanol–water partition coefficient (Wildman–Crippen LogP) is 2.48. The van der Waals surface area contributed by atoms with E-state index in [1.165, 1.54) is 0 Å². The smallest absolute Gasteiger partial charge is 0.254 e. The standard InChI is InChI=1S/C15H22ClN3O/c1-3-14-10-18(2)5-4-6-19(14)15(20)11-7-12(16)9-13(17)8-11/h7-9,14H,3-6,10,17H2,1-2H3. The maximum absolute atomic E-state index is 12.7. The zero-order chi connectivity index (χ0) is 14.7. The Morgan fingerprint density at radius 1 is 1.40 bits per heavy atom. The monoisotopic (exact) mass is 295 g/mol. The lowest BCUT2D eigenvalue weighted by molar-refractivity contribution is 0.0676.